The van der Waals surface area contributed by atoms with E-state index < -0.39 is 0 Å². The van der Waals surface area contributed by atoms with Gasteiger partial charge in [-0.15, -0.1) is 0 Å². The fraction of sp³-hybridized carbons (Fsp3) is 0.700. The van der Waals surface area contributed by atoms with Crippen molar-refractivity contribution >= 4 is 5.95 Å². The van der Waals surface area contributed by atoms with Gasteiger partial charge in [0, 0.05) is 12.1 Å². The molecule has 1 rings (SSSR count). The number of hydrogen-bond acceptors (Lipinski definition) is 5. The van der Waals surface area contributed by atoms with Crippen LogP contribution in [0.15, 0.2) is 6.33 Å². The quantitative estimate of drug-likeness (QED) is 0.753. The average Bonchev–Trinajstić information content (AvgIpc) is 2.17. The molecule has 0 saturated carbocycles. The Bertz CT molecular complexity index is 306. The third kappa shape index (κ3) is 2.78. The van der Waals surface area contributed by atoms with Crippen LogP contribution in [-0.2, 0) is 0 Å². The largest absolute Gasteiger partial charge is 0.467 e. The lowest BCUT2D eigenvalue weighted by molar-refractivity contribution is 0.377. The van der Waals surface area contributed by atoms with Gasteiger partial charge in [-0.1, -0.05) is 0 Å². The molecule has 1 aromatic rings. The molecular formula is C10H18N4O. The Kier molecular flexibility index (Phi) is 3.82. The van der Waals surface area contributed by atoms with E-state index in [1.54, 1.807) is 7.11 Å². The number of anilines is 1. The van der Waals surface area contributed by atoms with Crippen molar-refractivity contribution in [2.24, 2.45) is 0 Å². The average molecular weight is 210 g/mol. The molecule has 84 valence electrons. The smallest absolute Gasteiger partial charge is 0.320 e. The van der Waals surface area contributed by atoms with Gasteiger partial charge in [-0.2, -0.15) is 9.97 Å². The minimum atomic E-state index is 0.345. The fourth-order valence-corrected chi connectivity index (χ4v) is 1.55. The predicted molar refractivity (Wildman–Crippen MR) is 59.1 cm³/mol. The normalized spacial score (nSPS) is 10.9. The lowest BCUT2D eigenvalue weighted by atomic mass is 10.2. The Morgan fingerprint density at radius 1 is 1.13 bits per heavy atom. The molecule has 5 nitrogen and oxygen atoms in total. The van der Waals surface area contributed by atoms with E-state index in [0.29, 0.717) is 24.0 Å². The van der Waals surface area contributed by atoms with Crippen molar-refractivity contribution in [3.05, 3.63) is 6.33 Å². The maximum atomic E-state index is 4.98. The number of nitrogens with zero attached hydrogens (tertiary/aromatic N) is 4. The topological polar surface area (TPSA) is 51.1 Å². The van der Waals surface area contributed by atoms with Gasteiger partial charge >= 0.3 is 6.01 Å². The van der Waals surface area contributed by atoms with Gasteiger partial charge in [0.25, 0.3) is 0 Å². The van der Waals surface area contributed by atoms with Crippen molar-refractivity contribution in [1.29, 1.82) is 0 Å². The molecule has 0 atom stereocenters. The second-order valence-electron chi connectivity index (χ2n) is 3.87. The van der Waals surface area contributed by atoms with E-state index in [1.807, 2.05) is 0 Å². The molecule has 0 fully saturated rings. The van der Waals surface area contributed by atoms with Crippen LogP contribution in [0.5, 0.6) is 6.01 Å². The second kappa shape index (κ2) is 4.91. The molecule has 0 spiro atoms. The molecule has 0 N–H and O–H groups in total. The molecule has 0 radical (unpaired) electrons. The molecule has 5 heteroatoms. The molecule has 1 aromatic heterocycles. The number of rotatable bonds is 4. The number of aromatic nitrogens is 3. The highest BCUT2D eigenvalue weighted by atomic mass is 16.5. The summed E-state index contributed by atoms with van der Waals surface area (Å²) in [6.07, 6.45) is 1.47. The summed E-state index contributed by atoms with van der Waals surface area (Å²) in [6.45, 7) is 8.43. The van der Waals surface area contributed by atoms with Crippen LogP contribution in [0.3, 0.4) is 0 Å². The van der Waals surface area contributed by atoms with E-state index in [4.69, 9.17) is 4.74 Å². The fourth-order valence-electron chi connectivity index (χ4n) is 1.55. The van der Waals surface area contributed by atoms with Crippen LogP contribution in [0.2, 0.25) is 0 Å². The highest BCUT2D eigenvalue weighted by Crippen LogP contribution is 2.15. The van der Waals surface area contributed by atoms with Crippen LogP contribution in [0.25, 0.3) is 0 Å². The maximum Gasteiger partial charge on any atom is 0.320 e. The summed E-state index contributed by atoms with van der Waals surface area (Å²) >= 11 is 0. The summed E-state index contributed by atoms with van der Waals surface area (Å²) in [7, 11) is 1.55. The molecule has 0 aromatic carbocycles. The van der Waals surface area contributed by atoms with Crippen LogP contribution in [0.1, 0.15) is 27.7 Å². The van der Waals surface area contributed by atoms with Crippen LogP contribution >= 0.6 is 0 Å². The van der Waals surface area contributed by atoms with Crippen LogP contribution in [0, 0.1) is 0 Å². The van der Waals surface area contributed by atoms with Crippen molar-refractivity contribution in [3.8, 4) is 6.01 Å². The molecule has 0 bridgehead atoms. The molecule has 0 amide bonds. The van der Waals surface area contributed by atoms with Crippen LogP contribution in [0.4, 0.5) is 5.95 Å². The first-order valence-corrected chi connectivity index (χ1v) is 5.07. The van der Waals surface area contributed by atoms with E-state index in [0.717, 1.165) is 0 Å². The summed E-state index contributed by atoms with van der Waals surface area (Å²) in [4.78, 5) is 14.4. The predicted octanol–water partition coefficient (Wildman–Crippen LogP) is 1.50. The van der Waals surface area contributed by atoms with Gasteiger partial charge in [0.1, 0.15) is 6.33 Å². The Labute approximate surface area is 90.5 Å². The van der Waals surface area contributed by atoms with Crippen LogP contribution < -0.4 is 9.64 Å². The number of methoxy groups -OCH3 is 1. The van der Waals surface area contributed by atoms with E-state index in [9.17, 15) is 0 Å². The van der Waals surface area contributed by atoms with E-state index in [2.05, 4.69) is 47.5 Å². The number of hydrogen-bond donors (Lipinski definition) is 0. The van der Waals surface area contributed by atoms with E-state index in [-0.39, 0.29) is 0 Å². The summed E-state index contributed by atoms with van der Waals surface area (Å²) in [6, 6.07) is 1.04. The zero-order valence-electron chi connectivity index (χ0n) is 9.93. The van der Waals surface area contributed by atoms with Gasteiger partial charge < -0.3 is 9.64 Å². The van der Waals surface area contributed by atoms with E-state index in [1.165, 1.54) is 6.33 Å². The zero-order valence-corrected chi connectivity index (χ0v) is 9.93. The standard InChI is InChI=1S/C10H18N4O/c1-7(2)14(8(3)4)9-11-6-12-10(13-9)15-5/h6-8H,1-5H3. The highest BCUT2D eigenvalue weighted by Gasteiger charge is 2.17. The molecule has 15 heavy (non-hydrogen) atoms. The minimum absolute atomic E-state index is 0.345. The molecule has 0 aliphatic carbocycles. The van der Waals surface area contributed by atoms with E-state index >= 15 is 0 Å². The molecule has 0 aliphatic heterocycles. The first kappa shape index (κ1) is 11.7. The van der Waals surface area contributed by atoms with Gasteiger partial charge in [0.15, 0.2) is 0 Å². The highest BCUT2D eigenvalue weighted by molar-refractivity contribution is 5.32. The Hall–Kier alpha value is -1.39. The van der Waals surface area contributed by atoms with Gasteiger partial charge in [-0.25, -0.2) is 4.98 Å². The van der Waals surface area contributed by atoms with Crippen molar-refractivity contribution in [3.63, 3.8) is 0 Å². The van der Waals surface area contributed by atoms with Crippen molar-refractivity contribution in [2.45, 2.75) is 39.8 Å². The number of ether oxygens (including phenoxy) is 1. The van der Waals surface area contributed by atoms with Gasteiger partial charge in [-0.3, -0.25) is 0 Å². The third-order valence-electron chi connectivity index (χ3n) is 2.06. The zero-order chi connectivity index (χ0) is 11.4. The summed E-state index contributed by atoms with van der Waals surface area (Å²) in [5.74, 6) is 0.659. The van der Waals surface area contributed by atoms with Gasteiger partial charge in [0.05, 0.1) is 7.11 Å². The third-order valence-corrected chi connectivity index (χ3v) is 2.06. The van der Waals surface area contributed by atoms with Crippen molar-refractivity contribution in [1.82, 2.24) is 15.0 Å². The molecule has 1 heterocycles. The summed E-state index contributed by atoms with van der Waals surface area (Å²) in [5, 5.41) is 0. The summed E-state index contributed by atoms with van der Waals surface area (Å²) in [5.41, 5.74) is 0. The second-order valence-corrected chi connectivity index (χ2v) is 3.87. The van der Waals surface area contributed by atoms with Crippen molar-refractivity contribution in [2.75, 3.05) is 12.0 Å². The van der Waals surface area contributed by atoms with Gasteiger partial charge in [-0.05, 0) is 27.7 Å². The minimum Gasteiger partial charge on any atom is -0.467 e. The van der Waals surface area contributed by atoms with Crippen LogP contribution in [-0.4, -0.2) is 34.1 Å². The van der Waals surface area contributed by atoms with Crippen molar-refractivity contribution < 1.29 is 4.74 Å². The monoisotopic (exact) mass is 210 g/mol. The SMILES string of the molecule is COc1ncnc(N(C(C)C)C(C)C)n1. The first-order chi connectivity index (χ1) is 7.06. The lowest BCUT2D eigenvalue weighted by Crippen LogP contribution is -2.38. The first-order valence-electron chi connectivity index (χ1n) is 5.07. The molecule has 0 unspecified atom stereocenters. The molecular weight excluding hydrogens is 192 g/mol. The Morgan fingerprint density at radius 3 is 2.20 bits per heavy atom. The Morgan fingerprint density at radius 2 is 1.73 bits per heavy atom. The van der Waals surface area contributed by atoms with Gasteiger partial charge in [0.2, 0.25) is 5.95 Å². The molecule has 0 aliphatic rings. The summed E-state index contributed by atoms with van der Waals surface area (Å²) < 4.78 is 4.98. The maximum absolute atomic E-state index is 4.98. The Balaban J connectivity index is 3.00. The lowest BCUT2D eigenvalue weighted by Gasteiger charge is -2.30. The molecule has 0 saturated heterocycles.